The Hall–Kier alpha value is -7.02. The van der Waals surface area contributed by atoms with Gasteiger partial charge < -0.3 is 0 Å². The maximum atomic E-state index is 2.40. The Morgan fingerprint density at radius 1 is 0.211 bits per heavy atom. The zero-order valence-corrected chi connectivity index (χ0v) is 32.3. The summed E-state index contributed by atoms with van der Waals surface area (Å²) in [6.07, 6.45) is 0. The molecule has 9 aromatic carbocycles. The molecular formula is C57H42. The highest BCUT2D eigenvalue weighted by Crippen LogP contribution is 2.49. The molecule has 0 unspecified atom stereocenters. The molecule has 0 aliphatic heterocycles. The highest BCUT2D eigenvalue weighted by molar-refractivity contribution is 5.85. The maximum Gasteiger partial charge on any atom is 0.0159 e. The number of hydrogen-bond acceptors (Lipinski definition) is 0. The summed E-state index contributed by atoms with van der Waals surface area (Å²) in [4.78, 5) is 0. The van der Waals surface area contributed by atoms with Crippen LogP contribution in [0.3, 0.4) is 0 Å². The molecule has 1 aliphatic rings. The molecule has 0 saturated carbocycles. The zero-order valence-electron chi connectivity index (χ0n) is 32.3. The molecule has 0 saturated heterocycles. The highest BCUT2D eigenvalue weighted by Gasteiger charge is 2.35. The van der Waals surface area contributed by atoms with Crippen molar-refractivity contribution in [1.29, 1.82) is 0 Å². The Morgan fingerprint density at radius 2 is 0.491 bits per heavy atom. The molecule has 0 N–H and O–H groups in total. The zero-order chi connectivity index (χ0) is 38.3. The minimum atomic E-state index is -0.00881. The Bertz CT molecular complexity index is 2910. The van der Waals surface area contributed by atoms with E-state index in [2.05, 4.69) is 232 Å². The van der Waals surface area contributed by atoms with E-state index in [1.165, 1.54) is 100 Å². The lowest BCUT2D eigenvalue weighted by molar-refractivity contribution is 0.660. The van der Waals surface area contributed by atoms with Gasteiger partial charge in [0.05, 0.1) is 0 Å². The molecule has 0 heteroatoms. The summed E-state index contributed by atoms with van der Waals surface area (Å²) >= 11 is 0. The lowest BCUT2D eigenvalue weighted by atomic mass is 9.81. The first-order valence-electron chi connectivity index (χ1n) is 19.9. The number of rotatable bonds is 7. The Morgan fingerprint density at radius 3 is 0.912 bits per heavy atom. The smallest absolute Gasteiger partial charge is 0.0159 e. The normalized spacial score (nSPS) is 12.5. The first-order chi connectivity index (χ1) is 28.0. The fourth-order valence-electron chi connectivity index (χ4n) is 8.76. The van der Waals surface area contributed by atoms with Crippen molar-refractivity contribution in [3.05, 3.63) is 230 Å². The standard InChI is InChI=1S/C57H42/c1-57(2)55-26-7-6-25-53(55)54-32-31-52(38-56(54)57)41-29-27-40(28-30-41)43-16-9-18-45(34-43)47-20-11-22-49(36-47)51-24-12-23-50(37-51)48-21-10-19-46(35-48)44-17-8-15-42(33-44)39-13-4-3-5-14-39/h3-38H,1-2H3. The van der Waals surface area contributed by atoms with Crippen LogP contribution in [0.4, 0.5) is 0 Å². The van der Waals surface area contributed by atoms with Gasteiger partial charge in [-0.15, -0.1) is 0 Å². The molecule has 0 spiro atoms. The van der Waals surface area contributed by atoms with E-state index in [1.807, 2.05) is 0 Å². The van der Waals surface area contributed by atoms with Gasteiger partial charge in [0.15, 0.2) is 0 Å². The first kappa shape index (κ1) is 34.5. The van der Waals surface area contributed by atoms with Crippen molar-refractivity contribution < 1.29 is 0 Å². The summed E-state index contributed by atoms with van der Waals surface area (Å²) in [6, 6.07) is 80.0. The van der Waals surface area contributed by atoms with Gasteiger partial charge >= 0.3 is 0 Å². The Labute approximate surface area is 336 Å². The van der Waals surface area contributed by atoms with E-state index in [0.717, 1.165) is 0 Å². The summed E-state index contributed by atoms with van der Waals surface area (Å²) in [7, 11) is 0. The Balaban J connectivity index is 0.897. The van der Waals surface area contributed by atoms with Crippen molar-refractivity contribution in [2.75, 3.05) is 0 Å². The third kappa shape index (κ3) is 6.50. The van der Waals surface area contributed by atoms with E-state index in [-0.39, 0.29) is 5.41 Å². The minimum Gasteiger partial charge on any atom is -0.0622 e. The lowest BCUT2D eigenvalue weighted by Crippen LogP contribution is -2.14. The largest absolute Gasteiger partial charge is 0.0622 e. The molecule has 0 amide bonds. The summed E-state index contributed by atoms with van der Waals surface area (Å²) < 4.78 is 0. The minimum absolute atomic E-state index is 0.00881. The third-order valence-corrected chi connectivity index (χ3v) is 11.9. The van der Waals surface area contributed by atoms with Crippen LogP contribution < -0.4 is 0 Å². The van der Waals surface area contributed by atoms with Gasteiger partial charge in [0.2, 0.25) is 0 Å². The van der Waals surface area contributed by atoms with Crippen molar-refractivity contribution in [3.8, 4) is 89.0 Å². The summed E-state index contributed by atoms with van der Waals surface area (Å²) in [5.41, 5.74) is 22.6. The van der Waals surface area contributed by atoms with Crippen molar-refractivity contribution in [1.82, 2.24) is 0 Å². The highest BCUT2D eigenvalue weighted by atomic mass is 14.4. The van der Waals surface area contributed by atoms with E-state index >= 15 is 0 Å². The molecule has 57 heavy (non-hydrogen) atoms. The SMILES string of the molecule is CC1(C)c2ccccc2-c2ccc(-c3ccc(-c4cccc(-c5cccc(-c6cccc(-c7cccc(-c8cccc(-c9ccccc9)c8)c7)c6)c5)c4)cc3)cc21. The quantitative estimate of drug-likeness (QED) is 0.153. The van der Waals surface area contributed by atoms with Gasteiger partial charge in [-0.25, -0.2) is 0 Å². The molecule has 9 aromatic rings. The van der Waals surface area contributed by atoms with Crippen molar-refractivity contribution >= 4 is 0 Å². The van der Waals surface area contributed by atoms with Crippen LogP contribution in [0.2, 0.25) is 0 Å². The molecule has 0 atom stereocenters. The fourth-order valence-corrected chi connectivity index (χ4v) is 8.76. The topological polar surface area (TPSA) is 0 Å². The van der Waals surface area contributed by atoms with Gasteiger partial charge in [-0.3, -0.25) is 0 Å². The van der Waals surface area contributed by atoms with Gasteiger partial charge in [-0.2, -0.15) is 0 Å². The fraction of sp³-hybridized carbons (Fsp3) is 0.0526. The van der Waals surface area contributed by atoms with Crippen molar-refractivity contribution in [2.24, 2.45) is 0 Å². The molecular weight excluding hydrogens is 685 g/mol. The summed E-state index contributed by atoms with van der Waals surface area (Å²) in [6.45, 7) is 4.69. The number of fused-ring (bicyclic) bond motifs is 3. The molecule has 270 valence electrons. The number of benzene rings is 9. The summed E-state index contributed by atoms with van der Waals surface area (Å²) in [5, 5.41) is 0. The lowest BCUT2D eigenvalue weighted by Gasteiger charge is -2.22. The van der Waals surface area contributed by atoms with Gasteiger partial charge in [-0.1, -0.05) is 196 Å². The number of hydrogen-bond donors (Lipinski definition) is 0. The average molecular weight is 727 g/mol. The molecule has 0 aromatic heterocycles. The molecule has 0 bridgehead atoms. The van der Waals surface area contributed by atoms with Crippen LogP contribution in [0.25, 0.3) is 89.0 Å². The predicted octanol–water partition coefficient (Wildman–Crippen LogP) is 15.7. The van der Waals surface area contributed by atoms with Crippen LogP contribution in [0.1, 0.15) is 25.0 Å². The van der Waals surface area contributed by atoms with E-state index in [9.17, 15) is 0 Å². The second-order valence-electron chi connectivity index (χ2n) is 15.8. The van der Waals surface area contributed by atoms with Gasteiger partial charge in [-0.05, 0) is 137 Å². The van der Waals surface area contributed by atoms with E-state index in [4.69, 9.17) is 0 Å². The maximum absolute atomic E-state index is 2.40. The van der Waals surface area contributed by atoms with E-state index in [0.29, 0.717) is 0 Å². The molecule has 0 nitrogen and oxygen atoms in total. The second-order valence-corrected chi connectivity index (χ2v) is 15.8. The van der Waals surface area contributed by atoms with Crippen molar-refractivity contribution in [2.45, 2.75) is 19.3 Å². The van der Waals surface area contributed by atoms with Gasteiger partial charge in [0.1, 0.15) is 0 Å². The van der Waals surface area contributed by atoms with Crippen molar-refractivity contribution in [3.63, 3.8) is 0 Å². The predicted molar refractivity (Wildman–Crippen MR) is 242 cm³/mol. The second kappa shape index (κ2) is 14.2. The van der Waals surface area contributed by atoms with E-state index in [1.54, 1.807) is 0 Å². The Kier molecular flexibility index (Phi) is 8.61. The molecule has 0 fully saturated rings. The van der Waals surface area contributed by atoms with Gasteiger partial charge in [0.25, 0.3) is 0 Å². The van der Waals surface area contributed by atoms with Crippen LogP contribution in [-0.4, -0.2) is 0 Å². The molecule has 0 radical (unpaired) electrons. The molecule has 1 aliphatic carbocycles. The summed E-state index contributed by atoms with van der Waals surface area (Å²) in [5.74, 6) is 0. The first-order valence-corrected chi connectivity index (χ1v) is 19.9. The monoisotopic (exact) mass is 726 g/mol. The van der Waals surface area contributed by atoms with Crippen LogP contribution in [0, 0.1) is 0 Å². The third-order valence-electron chi connectivity index (χ3n) is 11.9. The van der Waals surface area contributed by atoms with E-state index < -0.39 is 0 Å². The van der Waals surface area contributed by atoms with Gasteiger partial charge in [0, 0.05) is 5.41 Å². The molecule has 0 heterocycles. The van der Waals surface area contributed by atoms with Crippen LogP contribution >= 0.6 is 0 Å². The van der Waals surface area contributed by atoms with Crippen LogP contribution in [-0.2, 0) is 5.41 Å². The molecule has 10 rings (SSSR count). The van der Waals surface area contributed by atoms with Crippen LogP contribution in [0.5, 0.6) is 0 Å². The van der Waals surface area contributed by atoms with Crippen LogP contribution in [0.15, 0.2) is 218 Å². The average Bonchev–Trinajstić information content (AvgIpc) is 3.52.